The first kappa shape index (κ1) is 15.8. The summed E-state index contributed by atoms with van der Waals surface area (Å²) in [6.07, 6.45) is -0.506. The average Bonchev–Trinajstić information content (AvgIpc) is 2.54. The van der Waals surface area contributed by atoms with Crippen LogP contribution >= 0.6 is 0 Å². The number of rotatable bonds is 5. The molecule has 1 heterocycles. The number of carbonyl (C=O) groups excluding carboxylic acids is 1. The highest BCUT2D eigenvalue weighted by Gasteiger charge is 2.27. The minimum absolute atomic E-state index is 0.323. The van der Waals surface area contributed by atoms with Crippen LogP contribution in [0.25, 0.3) is 0 Å². The maximum atomic E-state index is 11.5. The summed E-state index contributed by atoms with van der Waals surface area (Å²) in [5.74, 6) is 0.475. The van der Waals surface area contributed by atoms with Crippen LogP contribution in [-0.2, 0) is 27.4 Å². The van der Waals surface area contributed by atoms with Crippen molar-refractivity contribution in [1.82, 2.24) is 4.90 Å². The zero-order valence-corrected chi connectivity index (χ0v) is 12.5. The van der Waals surface area contributed by atoms with E-state index in [0.29, 0.717) is 19.7 Å². The Hall–Kier alpha value is -1.63. The van der Waals surface area contributed by atoms with Gasteiger partial charge in [0.1, 0.15) is 5.75 Å². The molecular weight excluding hydrogens is 272 g/mol. The van der Waals surface area contributed by atoms with Gasteiger partial charge in [0.05, 0.1) is 20.8 Å². The summed E-state index contributed by atoms with van der Waals surface area (Å²) < 4.78 is 15.5. The number of carbonyl (C=O) groups is 1. The fourth-order valence-electron chi connectivity index (χ4n) is 2.43. The van der Waals surface area contributed by atoms with E-state index in [4.69, 9.17) is 19.9 Å². The fourth-order valence-corrected chi connectivity index (χ4v) is 2.43. The molecule has 21 heavy (non-hydrogen) atoms. The maximum absolute atomic E-state index is 11.5. The molecule has 6 nitrogen and oxygen atoms in total. The molecule has 2 N–H and O–H groups in total. The van der Waals surface area contributed by atoms with Crippen molar-refractivity contribution in [1.29, 1.82) is 0 Å². The standard InChI is InChI=1S/C15H22N2O4/c1-19-13-7-11(3-4-12(13)8-16)9-17-5-6-21-14(10-17)15(18)20-2/h3-4,7,14H,5-6,8-10,16H2,1-2H3. The summed E-state index contributed by atoms with van der Waals surface area (Å²) in [6.45, 7) is 3.03. The Kier molecular flexibility index (Phi) is 5.55. The summed E-state index contributed by atoms with van der Waals surface area (Å²) in [5, 5.41) is 0. The first-order valence-electron chi connectivity index (χ1n) is 6.95. The fraction of sp³-hybridized carbons (Fsp3) is 0.533. The topological polar surface area (TPSA) is 74.0 Å². The molecule has 1 aliphatic rings. The number of ether oxygens (including phenoxy) is 3. The van der Waals surface area contributed by atoms with Gasteiger partial charge in [0, 0.05) is 31.7 Å². The number of hydrogen-bond donors (Lipinski definition) is 1. The van der Waals surface area contributed by atoms with E-state index in [-0.39, 0.29) is 5.97 Å². The summed E-state index contributed by atoms with van der Waals surface area (Å²) in [4.78, 5) is 13.7. The molecule has 0 saturated carbocycles. The number of esters is 1. The molecule has 0 radical (unpaired) electrons. The predicted molar refractivity (Wildman–Crippen MR) is 77.9 cm³/mol. The Morgan fingerprint density at radius 2 is 2.29 bits per heavy atom. The molecule has 6 heteroatoms. The smallest absolute Gasteiger partial charge is 0.336 e. The first-order chi connectivity index (χ1) is 10.2. The monoisotopic (exact) mass is 294 g/mol. The lowest BCUT2D eigenvalue weighted by Crippen LogP contribution is -2.46. The molecular formula is C15H22N2O4. The van der Waals surface area contributed by atoms with Gasteiger partial charge in [-0.2, -0.15) is 0 Å². The molecule has 1 aromatic carbocycles. The number of benzene rings is 1. The van der Waals surface area contributed by atoms with Crippen molar-refractivity contribution >= 4 is 5.97 Å². The highest BCUT2D eigenvalue weighted by atomic mass is 16.6. The average molecular weight is 294 g/mol. The Balaban J connectivity index is 2.02. The molecule has 116 valence electrons. The second-order valence-electron chi connectivity index (χ2n) is 4.97. The number of morpholine rings is 1. The lowest BCUT2D eigenvalue weighted by molar-refractivity contribution is -0.160. The van der Waals surface area contributed by atoms with Gasteiger partial charge in [-0.25, -0.2) is 4.79 Å². The molecule has 1 aromatic rings. The van der Waals surface area contributed by atoms with Gasteiger partial charge in [0.15, 0.2) is 6.10 Å². The Labute approximate surface area is 124 Å². The summed E-state index contributed by atoms with van der Waals surface area (Å²) >= 11 is 0. The largest absolute Gasteiger partial charge is 0.496 e. The SMILES string of the molecule is COC(=O)C1CN(Cc2ccc(CN)c(OC)c2)CCO1. The third kappa shape index (κ3) is 3.93. The molecule has 1 unspecified atom stereocenters. The third-order valence-corrected chi connectivity index (χ3v) is 3.59. The highest BCUT2D eigenvalue weighted by Crippen LogP contribution is 2.21. The molecule has 0 aromatic heterocycles. The van der Waals surface area contributed by atoms with Crippen molar-refractivity contribution < 1.29 is 19.0 Å². The Morgan fingerprint density at radius 3 is 2.95 bits per heavy atom. The second-order valence-corrected chi connectivity index (χ2v) is 4.97. The van der Waals surface area contributed by atoms with E-state index >= 15 is 0 Å². The van der Waals surface area contributed by atoms with Crippen molar-refractivity contribution in [3.05, 3.63) is 29.3 Å². The van der Waals surface area contributed by atoms with Gasteiger partial charge in [-0.3, -0.25) is 4.90 Å². The van der Waals surface area contributed by atoms with E-state index in [2.05, 4.69) is 4.90 Å². The van der Waals surface area contributed by atoms with Crippen LogP contribution in [0.1, 0.15) is 11.1 Å². The number of methoxy groups -OCH3 is 2. The zero-order chi connectivity index (χ0) is 15.2. The molecule has 1 fully saturated rings. The lowest BCUT2D eigenvalue weighted by Gasteiger charge is -2.31. The van der Waals surface area contributed by atoms with Crippen molar-refractivity contribution in [3.8, 4) is 5.75 Å². The molecule has 0 aliphatic carbocycles. The Bertz CT molecular complexity index is 493. The quantitative estimate of drug-likeness (QED) is 0.799. The van der Waals surface area contributed by atoms with E-state index in [9.17, 15) is 4.79 Å². The van der Waals surface area contributed by atoms with E-state index in [1.165, 1.54) is 7.11 Å². The minimum atomic E-state index is -0.506. The van der Waals surface area contributed by atoms with Crippen molar-refractivity contribution in [2.75, 3.05) is 33.9 Å². The lowest BCUT2D eigenvalue weighted by atomic mass is 10.1. The van der Waals surface area contributed by atoms with Crippen molar-refractivity contribution in [2.45, 2.75) is 19.2 Å². The molecule has 2 rings (SSSR count). The van der Waals surface area contributed by atoms with Crippen LogP contribution in [0.2, 0.25) is 0 Å². The van der Waals surface area contributed by atoms with Gasteiger partial charge in [0.25, 0.3) is 0 Å². The maximum Gasteiger partial charge on any atom is 0.336 e. The van der Waals surface area contributed by atoms with Crippen LogP contribution in [0.15, 0.2) is 18.2 Å². The molecule has 1 saturated heterocycles. The van der Waals surface area contributed by atoms with Gasteiger partial charge >= 0.3 is 5.97 Å². The zero-order valence-electron chi connectivity index (χ0n) is 12.5. The van der Waals surface area contributed by atoms with E-state index in [1.54, 1.807) is 7.11 Å². The molecule has 1 aliphatic heterocycles. The van der Waals surface area contributed by atoms with Gasteiger partial charge in [-0.1, -0.05) is 12.1 Å². The van der Waals surface area contributed by atoms with Crippen LogP contribution in [0.3, 0.4) is 0 Å². The molecule has 1 atom stereocenters. The van der Waals surface area contributed by atoms with Crippen LogP contribution < -0.4 is 10.5 Å². The molecule has 0 amide bonds. The highest BCUT2D eigenvalue weighted by molar-refractivity contribution is 5.74. The second kappa shape index (κ2) is 7.40. The van der Waals surface area contributed by atoms with Crippen molar-refractivity contribution in [2.24, 2.45) is 5.73 Å². The van der Waals surface area contributed by atoms with E-state index < -0.39 is 6.10 Å². The van der Waals surface area contributed by atoms with Crippen LogP contribution in [-0.4, -0.2) is 50.9 Å². The third-order valence-electron chi connectivity index (χ3n) is 3.59. The van der Waals surface area contributed by atoms with Gasteiger partial charge in [-0.05, 0) is 11.6 Å². The minimum Gasteiger partial charge on any atom is -0.496 e. The van der Waals surface area contributed by atoms with Gasteiger partial charge in [0.2, 0.25) is 0 Å². The van der Waals surface area contributed by atoms with Gasteiger partial charge in [-0.15, -0.1) is 0 Å². The predicted octanol–water partition coefficient (Wildman–Crippen LogP) is 0.528. The van der Waals surface area contributed by atoms with Crippen LogP contribution in [0, 0.1) is 0 Å². The first-order valence-corrected chi connectivity index (χ1v) is 6.95. The summed E-state index contributed by atoms with van der Waals surface area (Å²) in [5.41, 5.74) is 7.77. The molecule has 0 spiro atoms. The summed E-state index contributed by atoms with van der Waals surface area (Å²) in [6, 6.07) is 6.00. The normalized spacial score (nSPS) is 19.3. The van der Waals surface area contributed by atoms with Gasteiger partial charge < -0.3 is 19.9 Å². The number of nitrogens with zero attached hydrogens (tertiary/aromatic N) is 1. The van der Waals surface area contributed by atoms with Crippen LogP contribution in [0.5, 0.6) is 5.75 Å². The van der Waals surface area contributed by atoms with Crippen LogP contribution in [0.4, 0.5) is 0 Å². The molecule has 0 bridgehead atoms. The van der Waals surface area contributed by atoms with E-state index in [1.807, 2.05) is 18.2 Å². The number of hydrogen-bond acceptors (Lipinski definition) is 6. The van der Waals surface area contributed by atoms with Crippen molar-refractivity contribution in [3.63, 3.8) is 0 Å². The van der Waals surface area contributed by atoms with E-state index in [0.717, 1.165) is 30.0 Å². The number of nitrogens with two attached hydrogens (primary N) is 1. The summed E-state index contributed by atoms with van der Waals surface area (Å²) in [7, 11) is 3.02. The Morgan fingerprint density at radius 1 is 1.48 bits per heavy atom.